The van der Waals surface area contributed by atoms with Gasteiger partial charge in [0.15, 0.2) is 0 Å². The number of aryl methyl sites for hydroxylation is 2. The number of aromatic nitrogens is 1. The number of anilines is 3. The second-order valence-electron chi connectivity index (χ2n) is 13.2. The van der Waals surface area contributed by atoms with Gasteiger partial charge >= 0.3 is 6.18 Å². The molecule has 0 N–H and O–H groups in total. The molecule has 12 heteroatoms. The number of likely N-dealkylation sites (N-methyl/N-ethyl adjacent to an activating group) is 1. The molecule has 6 rings (SSSR count). The van der Waals surface area contributed by atoms with E-state index in [9.17, 15) is 27.6 Å². The molecule has 9 nitrogen and oxygen atoms in total. The van der Waals surface area contributed by atoms with Crippen LogP contribution in [0.2, 0.25) is 0 Å². The van der Waals surface area contributed by atoms with Crippen LogP contribution in [0.1, 0.15) is 30.2 Å². The molecule has 1 aromatic carbocycles. The van der Waals surface area contributed by atoms with Crippen molar-refractivity contribution >= 4 is 34.9 Å². The molecule has 1 spiro atoms. The average Bonchev–Trinajstić information content (AvgIpc) is 3.47. The van der Waals surface area contributed by atoms with Crippen LogP contribution in [0.25, 0.3) is 0 Å². The first-order valence-corrected chi connectivity index (χ1v) is 15.4. The summed E-state index contributed by atoms with van der Waals surface area (Å²) in [7, 11) is 1.66. The number of alkyl halides is 3. The Morgan fingerprint density at radius 3 is 2.53 bits per heavy atom. The minimum Gasteiger partial charge on any atom is -0.368 e. The Balaban J connectivity index is 1.29. The third-order valence-electron chi connectivity index (χ3n) is 10.2. The van der Waals surface area contributed by atoms with Gasteiger partial charge < -0.3 is 19.6 Å². The molecule has 2 aromatic rings. The predicted octanol–water partition coefficient (Wildman–Crippen LogP) is 3.89. The first kappa shape index (κ1) is 31.1. The van der Waals surface area contributed by atoms with Crippen molar-refractivity contribution < 1.29 is 27.6 Å². The van der Waals surface area contributed by atoms with E-state index in [0.29, 0.717) is 24.7 Å². The van der Waals surface area contributed by atoms with Gasteiger partial charge in [0.2, 0.25) is 17.7 Å². The minimum absolute atomic E-state index is 0.0238. The summed E-state index contributed by atoms with van der Waals surface area (Å²) in [6.45, 7) is 14.3. The highest BCUT2D eigenvalue weighted by molar-refractivity contribution is 6.10. The summed E-state index contributed by atoms with van der Waals surface area (Å²) in [5.74, 6) is -0.995. The molecule has 4 aliphatic heterocycles. The summed E-state index contributed by atoms with van der Waals surface area (Å²) in [5.41, 5.74) is 1.87. The fourth-order valence-electron chi connectivity index (χ4n) is 7.79. The van der Waals surface area contributed by atoms with Gasteiger partial charge in [-0.15, -0.1) is 0 Å². The Hall–Kier alpha value is -3.93. The molecule has 45 heavy (non-hydrogen) atoms. The molecule has 0 unspecified atom stereocenters. The number of pyridine rings is 1. The Morgan fingerprint density at radius 2 is 1.84 bits per heavy atom. The summed E-state index contributed by atoms with van der Waals surface area (Å²) >= 11 is 0. The number of hydrogen-bond acceptors (Lipinski definition) is 6. The Morgan fingerprint density at radius 1 is 1.11 bits per heavy atom. The van der Waals surface area contributed by atoms with Gasteiger partial charge in [-0.25, -0.2) is 4.98 Å². The van der Waals surface area contributed by atoms with Crippen molar-refractivity contribution in [1.29, 1.82) is 0 Å². The van der Waals surface area contributed by atoms with Gasteiger partial charge in [-0.3, -0.25) is 19.3 Å². The van der Waals surface area contributed by atoms with Crippen molar-refractivity contribution in [2.75, 3.05) is 67.6 Å². The Kier molecular flexibility index (Phi) is 7.70. The second-order valence-corrected chi connectivity index (χ2v) is 13.2. The van der Waals surface area contributed by atoms with Gasteiger partial charge in [0.25, 0.3) is 0 Å². The summed E-state index contributed by atoms with van der Waals surface area (Å²) in [4.78, 5) is 53.2. The molecule has 4 aliphatic rings. The normalized spacial score (nSPS) is 24.8. The number of likely N-dealkylation sites (tertiary alicyclic amines) is 2. The van der Waals surface area contributed by atoms with E-state index in [1.54, 1.807) is 7.05 Å². The standard InChI is InChI=1S/C33H39F3N6O3/c1-6-27(43)41-18-32(19-41)17-39(15-21(32)3)10-11-40-16-23-13-28(44)42(26-14-24(33(34,35)36)12-22(4)37-26)30(23)31(45)38(5)25-9-7-8-20(2)29(25)40/h6-9,12,14,21,23,30H,1,10-11,13,15-19H2,2-5H3/t21-,23+,30-/m0/s1. The zero-order valence-corrected chi connectivity index (χ0v) is 26.1. The quantitative estimate of drug-likeness (QED) is 0.470. The lowest BCUT2D eigenvalue weighted by Gasteiger charge is -2.50. The smallest absolute Gasteiger partial charge is 0.368 e. The van der Waals surface area contributed by atoms with Gasteiger partial charge in [-0.05, 0) is 49.6 Å². The van der Waals surface area contributed by atoms with Crippen LogP contribution in [0.15, 0.2) is 43.0 Å². The molecule has 3 fully saturated rings. The van der Waals surface area contributed by atoms with Gasteiger partial charge in [0.05, 0.1) is 16.9 Å². The largest absolute Gasteiger partial charge is 0.416 e. The molecule has 0 saturated carbocycles. The Labute approximate surface area is 261 Å². The van der Waals surface area contributed by atoms with Crippen LogP contribution in [-0.4, -0.2) is 91.4 Å². The average molecular weight is 625 g/mol. The van der Waals surface area contributed by atoms with Gasteiger partial charge in [0, 0.05) is 76.3 Å². The monoisotopic (exact) mass is 624 g/mol. The molecule has 0 radical (unpaired) electrons. The zero-order chi connectivity index (χ0) is 32.4. The van der Waals surface area contributed by atoms with E-state index in [1.807, 2.05) is 30.0 Å². The number of halogens is 3. The SMILES string of the molecule is C=CC(=O)N1CC2(CN(CCN3C[C@H]4CC(=O)N(c5cc(C(F)(F)F)cc(C)n5)[C@@H]4C(=O)N(C)c4cccc(C)c43)C[C@@H]2C)C1. The van der Waals surface area contributed by atoms with E-state index in [0.717, 1.165) is 56.1 Å². The maximum absolute atomic E-state index is 14.1. The van der Waals surface area contributed by atoms with Crippen molar-refractivity contribution in [3.8, 4) is 0 Å². The lowest BCUT2D eigenvalue weighted by atomic mass is 9.72. The lowest BCUT2D eigenvalue weighted by molar-refractivity contribution is -0.139. The van der Waals surface area contributed by atoms with Gasteiger partial charge in [-0.2, -0.15) is 13.2 Å². The van der Waals surface area contributed by atoms with E-state index < -0.39 is 29.6 Å². The topological polar surface area (TPSA) is 80.3 Å². The zero-order valence-electron chi connectivity index (χ0n) is 26.1. The van der Waals surface area contributed by atoms with E-state index in [1.165, 1.54) is 22.8 Å². The van der Waals surface area contributed by atoms with Crippen molar-refractivity contribution in [3.63, 3.8) is 0 Å². The van der Waals surface area contributed by atoms with E-state index in [-0.39, 0.29) is 35.2 Å². The number of para-hydroxylation sites is 1. The number of nitrogens with zero attached hydrogens (tertiary/aromatic N) is 6. The highest BCUT2D eigenvalue weighted by Gasteiger charge is 2.53. The second kappa shape index (κ2) is 11.1. The molecule has 0 bridgehead atoms. The lowest BCUT2D eigenvalue weighted by Crippen LogP contribution is -2.61. The molecular formula is C33H39F3N6O3. The molecular weight excluding hydrogens is 585 g/mol. The maximum Gasteiger partial charge on any atom is 0.416 e. The molecule has 1 aromatic heterocycles. The van der Waals surface area contributed by atoms with Crippen LogP contribution < -0.4 is 14.7 Å². The van der Waals surface area contributed by atoms with Crippen molar-refractivity contribution in [3.05, 3.63) is 59.8 Å². The third kappa shape index (κ3) is 5.36. The number of benzene rings is 1. The van der Waals surface area contributed by atoms with Crippen LogP contribution in [0, 0.1) is 31.1 Å². The number of fused-ring (bicyclic) bond motifs is 2. The molecule has 3 saturated heterocycles. The van der Waals surface area contributed by atoms with Crippen LogP contribution in [0.4, 0.5) is 30.4 Å². The summed E-state index contributed by atoms with van der Waals surface area (Å²) in [6, 6.07) is 6.56. The minimum atomic E-state index is -4.62. The predicted molar refractivity (Wildman–Crippen MR) is 165 cm³/mol. The first-order chi connectivity index (χ1) is 21.2. The van der Waals surface area contributed by atoms with E-state index >= 15 is 0 Å². The van der Waals surface area contributed by atoms with Gasteiger partial charge in [-0.1, -0.05) is 25.6 Å². The van der Waals surface area contributed by atoms with Crippen LogP contribution in [-0.2, 0) is 20.6 Å². The highest BCUT2D eigenvalue weighted by Crippen LogP contribution is 2.45. The Bertz CT molecular complexity index is 1550. The maximum atomic E-state index is 14.1. The van der Waals surface area contributed by atoms with E-state index in [2.05, 4.69) is 28.3 Å². The fraction of sp³-hybridized carbons (Fsp3) is 0.515. The number of amides is 3. The molecule has 3 atom stereocenters. The number of rotatable bonds is 5. The molecule has 3 amide bonds. The third-order valence-corrected chi connectivity index (χ3v) is 10.2. The van der Waals surface area contributed by atoms with Gasteiger partial charge in [0.1, 0.15) is 11.9 Å². The fourth-order valence-corrected chi connectivity index (χ4v) is 7.79. The summed E-state index contributed by atoms with van der Waals surface area (Å²) in [5, 5.41) is 0. The van der Waals surface area contributed by atoms with E-state index in [4.69, 9.17) is 0 Å². The number of carbonyl (C=O) groups is 3. The summed E-state index contributed by atoms with van der Waals surface area (Å²) < 4.78 is 41.2. The van der Waals surface area contributed by atoms with Crippen LogP contribution >= 0.6 is 0 Å². The number of hydrogen-bond donors (Lipinski definition) is 0. The molecule has 240 valence electrons. The number of carbonyl (C=O) groups excluding carboxylic acids is 3. The molecule has 0 aliphatic carbocycles. The van der Waals surface area contributed by atoms with Crippen molar-refractivity contribution in [2.45, 2.75) is 39.4 Å². The van der Waals surface area contributed by atoms with Crippen LogP contribution in [0.5, 0.6) is 0 Å². The highest BCUT2D eigenvalue weighted by atomic mass is 19.4. The first-order valence-electron chi connectivity index (χ1n) is 15.4. The summed E-state index contributed by atoms with van der Waals surface area (Å²) in [6.07, 6.45) is -3.24. The molecule has 5 heterocycles. The van der Waals surface area contributed by atoms with Crippen molar-refractivity contribution in [2.24, 2.45) is 17.3 Å². The van der Waals surface area contributed by atoms with Crippen molar-refractivity contribution in [1.82, 2.24) is 14.8 Å². The van der Waals surface area contributed by atoms with Crippen LogP contribution in [0.3, 0.4) is 0 Å².